The molecule has 3 nitrogen and oxygen atoms in total. The lowest BCUT2D eigenvalue weighted by Crippen LogP contribution is -2.37. The van der Waals surface area contributed by atoms with Crippen LogP contribution in [0.4, 0.5) is 0 Å². The van der Waals surface area contributed by atoms with Gasteiger partial charge in [-0.05, 0) is 25.7 Å². The van der Waals surface area contributed by atoms with Crippen LogP contribution in [-0.4, -0.2) is 30.2 Å². The van der Waals surface area contributed by atoms with Crippen LogP contribution in [0.1, 0.15) is 48.0 Å². The Hall–Kier alpha value is -0.120. The molecule has 0 radical (unpaired) electrons. The van der Waals surface area contributed by atoms with Crippen molar-refractivity contribution in [1.29, 1.82) is 0 Å². The van der Waals surface area contributed by atoms with Crippen LogP contribution >= 0.6 is 0 Å². The molecule has 0 rings (SSSR count). The molecule has 0 amide bonds. The summed E-state index contributed by atoms with van der Waals surface area (Å²) in [5.41, 5.74) is -0.0670. The van der Waals surface area contributed by atoms with Crippen molar-refractivity contribution in [1.82, 2.24) is 0 Å². The number of aliphatic hydroxyl groups excluding tert-OH is 1. The van der Waals surface area contributed by atoms with Crippen LogP contribution in [0.2, 0.25) is 0 Å². The molecule has 0 aromatic carbocycles. The summed E-state index contributed by atoms with van der Waals surface area (Å²) in [4.78, 5) is 0. The monoisotopic (exact) mass is 218 g/mol. The summed E-state index contributed by atoms with van der Waals surface area (Å²) >= 11 is 0. The van der Waals surface area contributed by atoms with Gasteiger partial charge in [0.1, 0.15) is 0 Å². The van der Waals surface area contributed by atoms with E-state index in [0.29, 0.717) is 0 Å². The fourth-order valence-corrected chi connectivity index (χ4v) is 1.23. The molecule has 0 spiro atoms. The third-order valence-electron chi connectivity index (χ3n) is 2.21. The van der Waals surface area contributed by atoms with Gasteiger partial charge < -0.3 is 14.6 Å². The Morgan fingerprint density at radius 1 is 1.13 bits per heavy atom. The maximum atomic E-state index is 9.26. The normalized spacial score (nSPS) is 16.8. The van der Waals surface area contributed by atoms with Gasteiger partial charge >= 0.3 is 0 Å². The predicted octanol–water partition coefficient (Wildman–Crippen LogP) is 2.57. The predicted molar refractivity (Wildman–Crippen MR) is 61.7 cm³/mol. The highest BCUT2D eigenvalue weighted by Crippen LogP contribution is 2.24. The Morgan fingerprint density at radius 3 is 1.93 bits per heavy atom. The highest BCUT2D eigenvalue weighted by Gasteiger charge is 2.27. The van der Waals surface area contributed by atoms with E-state index in [9.17, 15) is 5.11 Å². The zero-order chi connectivity index (χ0) is 12.1. The highest BCUT2D eigenvalue weighted by atomic mass is 16.7. The van der Waals surface area contributed by atoms with Crippen molar-refractivity contribution in [3.05, 3.63) is 0 Å². The van der Waals surface area contributed by atoms with Gasteiger partial charge in [-0.1, -0.05) is 27.7 Å². The molecule has 0 saturated carbocycles. The van der Waals surface area contributed by atoms with Crippen LogP contribution in [0.3, 0.4) is 0 Å². The second kappa shape index (κ2) is 6.46. The van der Waals surface area contributed by atoms with Gasteiger partial charge in [0.15, 0.2) is 6.29 Å². The van der Waals surface area contributed by atoms with E-state index < -0.39 is 0 Å². The first-order valence-electron chi connectivity index (χ1n) is 5.73. The van der Waals surface area contributed by atoms with Crippen molar-refractivity contribution >= 4 is 0 Å². The summed E-state index contributed by atoms with van der Waals surface area (Å²) in [6.45, 7) is 12.2. The average Bonchev–Trinajstić information content (AvgIpc) is 2.09. The summed E-state index contributed by atoms with van der Waals surface area (Å²) in [6, 6.07) is 0. The SMILES string of the molecule is CCC(OC(C)C)OC(CO)C(C)(C)C. The molecular weight excluding hydrogens is 192 g/mol. The molecule has 0 saturated heterocycles. The molecule has 2 unspecified atom stereocenters. The summed E-state index contributed by atoms with van der Waals surface area (Å²) in [6.07, 6.45) is 0.543. The summed E-state index contributed by atoms with van der Waals surface area (Å²) in [7, 11) is 0. The second-order valence-electron chi connectivity index (χ2n) is 5.20. The Balaban J connectivity index is 4.25. The lowest BCUT2D eigenvalue weighted by molar-refractivity contribution is -0.214. The van der Waals surface area contributed by atoms with E-state index in [2.05, 4.69) is 20.8 Å². The van der Waals surface area contributed by atoms with Crippen molar-refractivity contribution in [2.75, 3.05) is 6.61 Å². The minimum absolute atomic E-state index is 0.0292. The molecule has 0 fully saturated rings. The highest BCUT2D eigenvalue weighted by molar-refractivity contribution is 4.74. The van der Waals surface area contributed by atoms with Crippen LogP contribution in [0, 0.1) is 5.41 Å². The van der Waals surface area contributed by atoms with Gasteiger partial charge in [-0.15, -0.1) is 0 Å². The van der Waals surface area contributed by atoms with E-state index in [0.717, 1.165) is 6.42 Å². The maximum Gasteiger partial charge on any atom is 0.158 e. The van der Waals surface area contributed by atoms with E-state index in [1.54, 1.807) is 0 Å². The van der Waals surface area contributed by atoms with Gasteiger partial charge in [0.05, 0.1) is 18.8 Å². The lowest BCUT2D eigenvalue weighted by atomic mass is 9.89. The first-order chi connectivity index (χ1) is 6.81. The molecule has 0 aromatic heterocycles. The minimum Gasteiger partial charge on any atom is -0.394 e. The van der Waals surface area contributed by atoms with E-state index in [-0.39, 0.29) is 30.5 Å². The van der Waals surface area contributed by atoms with Crippen molar-refractivity contribution in [3.63, 3.8) is 0 Å². The van der Waals surface area contributed by atoms with Crippen molar-refractivity contribution in [2.24, 2.45) is 5.41 Å². The number of hydrogen-bond donors (Lipinski definition) is 1. The molecule has 0 aromatic rings. The standard InChI is InChI=1S/C12H26O3/c1-7-11(14-9(2)3)15-10(8-13)12(4,5)6/h9-11,13H,7-8H2,1-6H3. The Bertz CT molecular complexity index is 161. The smallest absolute Gasteiger partial charge is 0.158 e. The number of ether oxygens (including phenoxy) is 2. The Labute approximate surface area is 93.8 Å². The van der Waals surface area contributed by atoms with Crippen LogP contribution < -0.4 is 0 Å². The number of hydrogen-bond acceptors (Lipinski definition) is 3. The molecule has 0 aliphatic heterocycles. The molecule has 2 atom stereocenters. The molecule has 0 bridgehead atoms. The molecule has 1 N–H and O–H groups in total. The molecule has 3 heteroatoms. The van der Waals surface area contributed by atoms with Crippen LogP contribution in [-0.2, 0) is 9.47 Å². The summed E-state index contributed by atoms with van der Waals surface area (Å²) < 4.78 is 11.3. The van der Waals surface area contributed by atoms with Crippen LogP contribution in [0.5, 0.6) is 0 Å². The molecule has 0 aliphatic carbocycles. The van der Waals surface area contributed by atoms with E-state index in [4.69, 9.17) is 9.47 Å². The topological polar surface area (TPSA) is 38.7 Å². The fourth-order valence-electron chi connectivity index (χ4n) is 1.23. The van der Waals surface area contributed by atoms with Gasteiger partial charge in [0.25, 0.3) is 0 Å². The third kappa shape index (κ3) is 6.13. The number of rotatable bonds is 6. The first kappa shape index (κ1) is 14.9. The minimum atomic E-state index is -0.221. The van der Waals surface area contributed by atoms with Crippen LogP contribution in [0.25, 0.3) is 0 Å². The molecule has 92 valence electrons. The van der Waals surface area contributed by atoms with Gasteiger partial charge in [-0.25, -0.2) is 0 Å². The van der Waals surface area contributed by atoms with E-state index >= 15 is 0 Å². The Morgan fingerprint density at radius 2 is 1.67 bits per heavy atom. The molecule has 0 aliphatic rings. The van der Waals surface area contributed by atoms with Crippen molar-refractivity contribution in [2.45, 2.75) is 66.5 Å². The number of aliphatic hydroxyl groups is 1. The lowest BCUT2D eigenvalue weighted by Gasteiger charge is -2.33. The second-order valence-corrected chi connectivity index (χ2v) is 5.20. The fraction of sp³-hybridized carbons (Fsp3) is 1.00. The van der Waals surface area contributed by atoms with Crippen LogP contribution in [0.15, 0.2) is 0 Å². The molecule has 0 heterocycles. The van der Waals surface area contributed by atoms with Gasteiger partial charge in [-0.2, -0.15) is 0 Å². The quantitative estimate of drug-likeness (QED) is 0.696. The average molecular weight is 218 g/mol. The zero-order valence-electron chi connectivity index (χ0n) is 10.9. The first-order valence-corrected chi connectivity index (χ1v) is 5.73. The van der Waals surface area contributed by atoms with E-state index in [1.807, 2.05) is 20.8 Å². The summed E-state index contributed by atoms with van der Waals surface area (Å²) in [5, 5.41) is 9.26. The van der Waals surface area contributed by atoms with Gasteiger partial charge in [0.2, 0.25) is 0 Å². The molecule has 15 heavy (non-hydrogen) atoms. The zero-order valence-corrected chi connectivity index (χ0v) is 10.9. The third-order valence-corrected chi connectivity index (χ3v) is 2.21. The largest absolute Gasteiger partial charge is 0.394 e. The van der Waals surface area contributed by atoms with Crippen molar-refractivity contribution < 1.29 is 14.6 Å². The van der Waals surface area contributed by atoms with Gasteiger partial charge in [-0.3, -0.25) is 0 Å². The van der Waals surface area contributed by atoms with Gasteiger partial charge in [0, 0.05) is 0 Å². The Kier molecular flexibility index (Phi) is 6.41. The summed E-state index contributed by atoms with van der Waals surface area (Å²) in [5.74, 6) is 0. The molecular formula is C12H26O3. The van der Waals surface area contributed by atoms with Crippen molar-refractivity contribution in [3.8, 4) is 0 Å². The maximum absolute atomic E-state index is 9.26. The van der Waals surface area contributed by atoms with E-state index in [1.165, 1.54) is 0 Å².